The number of likely N-dealkylation sites (tertiary alicyclic amines) is 1. The minimum atomic E-state index is -0.537. The Morgan fingerprint density at radius 2 is 2.35 bits per heavy atom. The number of anilines is 1. The molecule has 0 saturated carbocycles. The van der Waals surface area contributed by atoms with Crippen LogP contribution >= 0.6 is 11.6 Å². The van der Waals surface area contributed by atoms with E-state index in [1.165, 1.54) is 18.2 Å². The summed E-state index contributed by atoms with van der Waals surface area (Å²) in [5, 5.41) is 13.5. The molecule has 9 heteroatoms. The topological polar surface area (TPSA) is 104 Å². The Morgan fingerprint density at radius 3 is 3.00 bits per heavy atom. The van der Waals surface area contributed by atoms with Crippen molar-refractivity contribution in [1.29, 1.82) is 0 Å². The summed E-state index contributed by atoms with van der Waals surface area (Å²) in [5.74, 6) is 0.743. The number of carbonyl (C=O) groups is 1. The maximum atomic E-state index is 12.5. The zero-order valence-electron chi connectivity index (χ0n) is 12.0. The molecular weight excluding hydrogens is 322 g/mol. The summed E-state index contributed by atoms with van der Waals surface area (Å²) in [6.45, 7) is 0.613. The van der Waals surface area contributed by atoms with Crippen LogP contribution < -0.4 is 5.32 Å². The van der Waals surface area contributed by atoms with E-state index in [4.69, 9.17) is 11.6 Å². The van der Waals surface area contributed by atoms with E-state index in [2.05, 4.69) is 15.3 Å². The smallest absolute Gasteiger partial charge is 0.322 e. The molecule has 1 aliphatic rings. The summed E-state index contributed by atoms with van der Waals surface area (Å²) in [4.78, 5) is 31.6. The normalized spacial score (nSPS) is 17.3. The number of halogens is 1. The molecule has 0 radical (unpaired) electrons. The van der Waals surface area contributed by atoms with Crippen molar-refractivity contribution in [2.45, 2.75) is 18.9 Å². The third kappa shape index (κ3) is 3.11. The van der Waals surface area contributed by atoms with Crippen molar-refractivity contribution in [2.24, 2.45) is 0 Å². The van der Waals surface area contributed by atoms with Crippen molar-refractivity contribution in [1.82, 2.24) is 14.9 Å². The molecule has 3 rings (SSSR count). The number of benzene rings is 1. The second-order valence-electron chi connectivity index (χ2n) is 5.18. The van der Waals surface area contributed by atoms with E-state index >= 15 is 0 Å². The van der Waals surface area contributed by atoms with Crippen LogP contribution in [0, 0.1) is 10.1 Å². The Hall–Kier alpha value is -2.61. The van der Waals surface area contributed by atoms with Gasteiger partial charge in [-0.15, -0.1) is 0 Å². The van der Waals surface area contributed by atoms with Gasteiger partial charge in [-0.2, -0.15) is 0 Å². The van der Waals surface area contributed by atoms with Gasteiger partial charge in [-0.3, -0.25) is 10.1 Å². The number of nitrogens with zero attached hydrogens (tertiary/aromatic N) is 3. The van der Waals surface area contributed by atoms with Gasteiger partial charge in [0.2, 0.25) is 0 Å². The first-order valence-corrected chi connectivity index (χ1v) is 7.45. The number of nitrogens with one attached hydrogen (secondary N) is 2. The van der Waals surface area contributed by atoms with Crippen LogP contribution in [0.15, 0.2) is 30.6 Å². The molecule has 120 valence electrons. The Morgan fingerprint density at radius 1 is 1.52 bits per heavy atom. The Labute approximate surface area is 136 Å². The predicted molar refractivity (Wildman–Crippen MR) is 84.4 cm³/mol. The Bertz CT molecular complexity index is 734. The van der Waals surface area contributed by atoms with Crippen LogP contribution in [0.1, 0.15) is 24.7 Å². The van der Waals surface area contributed by atoms with Crippen molar-refractivity contribution in [3.63, 3.8) is 0 Å². The average molecular weight is 336 g/mol. The number of imidazole rings is 1. The van der Waals surface area contributed by atoms with Crippen LogP contribution in [0.2, 0.25) is 5.02 Å². The minimum absolute atomic E-state index is 0.109. The van der Waals surface area contributed by atoms with E-state index < -0.39 is 4.92 Å². The highest BCUT2D eigenvalue weighted by atomic mass is 35.5. The van der Waals surface area contributed by atoms with E-state index in [1.807, 2.05) is 0 Å². The molecule has 1 atom stereocenters. The van der Waals surface area contributed by atoms with Gasteiger partial charge < -0.3 is 15.2 Å². The molecule has 1 saturated heterocycles. The quantitative estimate of drug-likeness (QED) is 0.663. The van der Waals surface area contributed by atoms with Gasteiger partial charge in [0, 0.05) is 31.1 Å². The van der Waals surface area contributed by atoms with Crippen molar-refractivity contribution in [3.8, 4) is 0 Å². The molecule has 2 amide bonds. The number of rotatable bonds is 3. The fourth-order valence-electron chi connectivity index (χ4n) is 2.66. The summed E-state index contributed by atoms with van der Waals surface area (Å²) in [6.07, 6.45) is 5.08. The number of aromatic nitrogens is 2. The zero-order valence-corrected chi connectivity index (χ0v) is 12.8. The Kier molecular flexibility index (Phi) is 4.16. The van der Waals surface area contributed by atoms with Gasteiger partial charge in [-0.05, 0) is 18.9 Å². The first kappa shape index (κ1) is 15.3. The number of urea groups is 1. The number of hydrogen-bond acceptors (Lipinski definition) is 4. The predicted octanol–water partition coefficient (Wildman–Crippen LogP) is 3.34. The first-order valence-electron chi connectivity index (χ1n) is 7.07. The SMILES string of the molecule is O=C(Nc1ccc([N+](=O)[O-])cc1Cl)N1CCC[C@@H]1c1ncc[nH]1. The lowest BCUT2D eigenvalue weighted by Crippen LogP contribution is -2.34. The van der Waals surface area contributed by atoms with Gasteiger partial charge in [0.05, 0.1) is 21.7 Å². The van der Waals surface area contributed by atoms with Gasteiger partial charge in [-0.1, -0.05) is 11.6 Å². The summed E-state index contributed by atoms with van der Waals surface area (Å²) in [6, 6.07) is 3.53. The highest BCUT2D eigenvalue weighted by Crippen LogP contribution is 2.32. The number of amides is 2. The van der Waals surface area contributed by atoms with Crippen molar-refractivity contribution >= 4 is 29.0 Å². The standard InChI is InChI=1S/C14H14ClN5O3/c15-10-8-9(20(22)23)3-4-11(10)18-14(21)19-7-1-2-12(19)13-16-5-6-17-13/h3-6,8,12H,1-2,7H2,(H,16,17)(H,18,21)/t12-/m1/s1. The highest BCUT2D eigenvalue weighted by molar-refractivity contribution is 6.33. The lowest BCUT2D eigenvalue weighted by atomic mass is 10.2. The molecule has 1 aliphatic heterocycles. The largest absolute Gasteiger partial charge is 0.347 e. The molecule has 8 nitrogen and oxygen atoms in total. The molecule has 1 fully saturated rings. The molecular formula is C14H14ClN5O3. The van der Waals surface area contributed by atoms with E-state index in [1.54, 1.807) is 17.3 Å². The number of H-pyrrole nitrogens is 1. The summed E-state index contributed by atoms with van der Waals surface area (Å²) < 4.78 is 0. The van der Waals surface area contributed by atoms with E-state index in [0.29, 0.717) is 12.2 Å². The maximum Gasteiger partial charge on any atom is 0.322 e. The molecule has 2 N–H and O–H groups in total. The van der Waals surface area contributed by atoms with Crippen LogP contribution in [0.4, 0.5) is 16.2 Å². The summed E-state index contributed by atoms with van der Waals surface area (Å²) in [5.41, 5.74) is 0.218. The molecule has 0 spiro atoms. The molecule has 0 unspecified atom stereocenters. The number of hydrogen-bond donors (Lipinski definition) is 2. The fourth-order valence-corrected chi connectivity index (χ4v) is 2.88. The van der Waals surface area contributed by atoms with Gasteiger partial charge in [-0.25, -0.2) is 9.78 Å². The lowest BCUT2D eigenvalue weighted by molar-refractivity contribution is -0.384. The molecule has 2 aromatic rings. The third-order valence-corrected chi connectivity index (χ3v) is 4.07. The van der Waals surface area contributed by atoms with Crippen LogP contribution in [0.25, 0.3) is 0 Å². The van der Waals surface area contributed by atoms with Crippen molar-refractivity contribution in [2.75, 3.05) is 11.9 Å². The minimum Gasteiger partial charge on any atom is -0.347 e. The van der Waals surface area contributed by atoms with Gasteiger partial charge >= 0.3 is 6.03 Å². The monoisotopic (exact) mass is 335 g/mol. The molecule has 0 aliphatic carbocycles. The van der Waals surface area contributed by atoms with Crippen LogP contribution in [-0.2, 0) is 0 Å². The Balaban J connectivity index is 1.75. The van der Waals surface area contributed by atoms with E-state index in [0.717, 1.165) is 18.7 Å². The third-order valence-electron chi connectivity index (χ3n) is 3.75. The maximum absolute atomic E-state index is 12.5. The van der Waals surface area contributed by atoms with Crippen LogP contribution in [-0.4, -0.2) is 32.4 Å². The average Bonchev–Trinajstić information content (AvgIpc) is 3.19. The summed E-state index contributed by atoms with van der Waals surface area (Å²) in [7, 11) is 0. The highest BCUT2D eigenvalue weighted by Gasteiger charge is 2.31. The number of aromatic amines is 1. The molecule has 1 aromatic heterocycles. The van der Waals surface area contributed by atoms with Crippen molar-refractivity contribution in [3.05, 3.63) is 51.6 Å². The van der Waals surface area contributed by atoms with Crippen molar-refractivity contribution < 1.29 is 9.72 Å². The van der Waals surface area contributed by atoms with Gasteiger partial charge in [0.15, 0.2) is 0 Å². The molecule has 23 heavy (non-hydrogen) atoms. The second-order valence-corrected chi connectivity index (χ2v) is 5.58. The van der Waals surface area contributed by atoms with E-state index in [9.17, 15) is 14.9 Å². The van der Waals surface area contributed by atoms with Gasteiger partial charge in [0.1, 0.15) is 5.82 Å². The number of non-ortho nitro benzene ring substituents is 1. The summed E-state index contributed by atoms with van der Waals surface area (Å²) >= 11 is 6.00. The van der Waals surface area contributed by atoms with Crippen LogP contribution in [0.5, 0.6) is 0 Å². The molecule has 2 heterocycles. The molecule has 0 bridgehead atoms. The number of nitro benzene ring substituents is 1. The lowest BCUT2D eigenvalue weighted by Gasteiger charge is -2.23. The first-order chi connectivity index (χ1) is 11.1. The van der Waals surface area contributed by atoms with Crippen LogP contribution in [0.3, 0.4) is 0 Å². The van der Waals surface area contributed by atoms with Gasteiger partial charge in [0.25, 0.3) is 5.69 Å². The molecule has 1 aromatic carbocycles. The second kappa shape index (κ2) is 6.25. The fraction of sp³-hybridized carbons (Fsp3) is 0.286. The van der Waals surface area contributed by atoms with E-state index in [-0.39, 0.29) is 22.8 Å². The zero-order chi connectivity index (χ0) is 16.4. The number of nitro groups is 1. The number of carbonyl (C=O) groups excluding carboxylic acids is 1.